The van der Waals surface area contributed by atoms with Crippen LogP contribution in [0.15, 0.2) is 82.0 Å². The maximum Gasteiger partial charge on any atom is 0.330 e. The van der Waals surface area contributed by atoms with Crippen LogP contribution in [-0.4, -0.2) is 73.9 Å². The first-order valence-corrected chi connectivity index (χ1v) is 12.7. The third-order valence-corrected chi connectivity index (χ3v) is 6.57. The molecule has 1 fully saturated rings. The summed E-state index contributed by atoms with van der Waals surface area (Å²) in [6, 6.07) is 16.2. The molecule has 42 heavy (non-hydrogen) atoms. The average molecular weight is 579 g/mol. The van der Waals surface area contributed by atoms with Crippen LogP contribution >= 0.6 is 0 Å². The van der Waals surface area contributed by atoms with E-state index in [1.165, 1.54) is 36.4 Å². The lowest BCUT2D eigenvalue weighted by Gasteiger charge is -2.39. The summed E-state index contributed by atoms with van der Waals surface area (Å²) in [5.41, 5.74) is 0.285. The van der Waals surface area contributed by atoms with E-state index in [9.17, 15) is 40.2 Å². The fraction of sp³-hybridized carbons (Fsp3) is 0.200. The predicted octanol–water partition coefficient (Wildman–Crippen LogP) is 2.02. The number of carbonyl (C=O) groups excluding carboxylic acids is 1. The summed E-state index contributed by atoms with van der Waals surface area (Å²) < 4.78 is 22.1. The average Bonchev–Trinajstić information content (AvgIpc) is 2.97. The fourth-order valence-corrected chi connectivity index (χ4v) is 4.36. The first-order valence-electron chi connectivity index (χ1n) is 12.7. The van der Waals surface area contributed by atoms with E-state index in [1.807, 2.05) is 6.07 Å². The van der Waals surface area contributed by atoms with Gasteiger partial charge in [-0.25, -0.2) is 4.79 Å². The van der Waals surface area contributed by atoms with Gasteiger partial charge < -0.3 is 49.3 Å². The van der Waals surface area contributed by atoms with Gasteiger partial charge in [0, 0.05) is 29.8 Å². The Morgan fingerprint density at radius 1 is 0.857 bits per heavy atom. The van der Waals surface area contributed by atoms with Gasteiger partial charge >= 0.3 is 5.97 Å². The Morgan fingerprint density at radius 3 is 2.36 bits per heavy atom. The van der Waals surface area contributed by atoms with Gasteiger partial charge in [0.25, 0.3) is 0 Å². The first kappa shape index (κ1) is 28.6. The Balaban J connectivity index is 1.34. The molecule has 12 heteroatoms. The van der Waals surface area contributed by atoms with Crippen molar-refractivity contribution in [3.63, 3.8) is 0 Å². The fourth-order valence-electron chi connectivity index (χ4n) is 4.36. The quantitative estimate of drug-likeness (QED) is 0.106. The lowest BCUT2D eigenvalue weighted by atomic mass is 9.99. The van der Waals surface area contributed by atoms with Gasteiger partial charge in [0.2, 0.25) is 6.29 Å². The molecular weight excluding hydrogens is 552 g/mol. The second-order valence-corrected chi connectivity index (χ2v) is 9.50. The van der Waals surface area contributed by atoms with Gasteiger partial charge in [0.05, 0.1) is 0 Å². The van der Waals surface area contributed by atoms with Crippen LogP contribution in [0, 0.1) is 0 Å². The molecule has 1 aliphatic rings. The molecule has 4 aromatic rings. The van der Waals surface area contributed by atoms with Crippen molar-refractivity contribution in [2.24, 2.45) is 0 Å². The second kappa shape index (κ2) is 11.9. The minimum atomic E-state index is -1.75. The zero-order valence-electron chi connectivity index (χ0n) is 21.7. The van der Waals surface area contributed by atoms with Crippen LogP contribution in [0.2, 0.25) is 0 Å². The lowest BCUT2D eigenvalue weighted by Crippen LogP contribution is -2.60. The predicted molar refractivity (Wildman–Crippen MR) is 147 cm³/mol. The molecule has 218 valence electrons. The van der Waals surface area contributed by atoms with Crippen molar-refractivity contribution in [3.05, 3.63) is 88.6 Å². The molecule has 0 aliphatic carbocycles. The number of phenols is 3. The molecule has 1 saturated heterocycles. The Labute approximate surface area is 237 Å². The number of esters is 1. The summed E-state index contributed by atoms with van der Waals surface area (Å²) >= 11 is 0. The molecule has 0 saturated carbocycles. The third-order valence-electron chi connectivity index (χ3n) is 6.57. The number of ether oxygens (including phenoxy) is 3. The van der Waals surface area contributed by atoms with Gasteiger partial charge in [-0.15, -0.1) is 0 Å². The molecule has 0 unspecified atom stereocenters. The monoisotopic (exact) mass is 578 g/mol. The normalized spacial score (nSPS) is 22.3. The lowest BCUT2D eigenvalue weighted by molar-refractivity contribution is -0.278. The molecule has 1 aromatic heterocycles. The van der Waals surface area contributed by atoms with E-state index in [2.05, 4.69) is 0 Å². The van der Waals surface area contributed by atoms with Crippen molar-refractivity contribution >= 4 is 23.0 Å². The highest BCUT2D eigenvalue weighted by Crippen LogP contribution is 2.35. The number of phenolic OH excluding ortho intramolecular Hbond substituents is 3. The van der Waals surface area contributed by atoms with Gasteiger partial charge in [-0.1, -0.05) is 30.3 Å². The Hall–Kier alpha value is -4.88. The van der Waals surface area contributed by atoms with Crippen LogP contribution in [0.25, 0.3) is 28.4 Å². The van der Waals surface area contributed by atoms with Gasteiger partial charge in [0.15, 0.2) is 16.9 Å². The van der Waals surface area contributed by atoms with Crippen molar-refractivity contribution in [1.29, 1.82) is 0 Å². The Kier molecular flexibility index (Phi) is 8.13. The zero-order chi connectivity index (χ0) is 30.0. The van der Waals surface area contributed by atoms with Crippen LogP contribution in [-0.2, 0) is 14.3 Å². The topological polar surface area (TPSA) is 196 Å². The standard InChI is InChI=1S/C30H26O12/c31-18-8-7-16(10-19(18)32)22-13-21(34)26-20(33)11-17(12-23(26)41-22)40-30-29(38)28(37)27(36)24(42-30)14-39-25(35)9-6-15-4-2-1-3-5-15/h1-13,24,27-33,36-38H,14H2/t24-,27-,28+,29-,30-/m1/s1. The van der Waals surface area contributed by atoms with E-state index < -0.39 is 60.2 Å². The number of rotatable bonds is 7. The van der Waals surface area contributed by atoms with E-state index in [0.29, 0.717) is 0 Å². The van der Waals surface area contributed by atoms with Crippen molar-refractivity contribution in [3.8, 4) is 34.3 Å². The van der Waals surface area contributed by atoms with Crippen LogP contribution in [0.3, 0.4) is 0 Å². The van der Waals surface area contributed by atoms with E-state index >= 15 is 0 Å². The smallest absolute Gasteiger partial charge is 0.330 e. The minimum absolute atomic E-state index is 0.00930. The van der Waals surface area contributed by atoms with E-state index in [1.54, 1.807) is 24.3 Å². The number of aliphatic hydroxyl groups excluding tert-OH is 3. The summed E-state index contributed by atoms with van der Waals surface area (Å²) in [6.07, 6.45) is -5.28. The maximum atomic E-state index is 12.7. The van der Waals surface area contributed by atoms with Crippen LogP contribution in [0.4, 0.5) is 0 Å². The number of carbonyl (C=O) groups is 1. The zero-order valence-corrected chi connectivity index (χ0v) is 21.7. The third kappa shape index (κ3) is 6.06. The minimum Gasteiger partial charge on any atom is -0.507 e. The van der Waals surface area contributed by atoms with Gasteiger partial charge in [-0.3, -0.25) is 4.79 Å². The van der Waals surface area contributed by atoms with Crippen molar-refractivity contribution in [1.82, 2.24) is 0 Å². The van der Waals surface area contributed by atoms with E-state index in [0.717, 1.165) is 17.7 Å². The van der Waals surface area contributed by atoms with E-state index in [-0.39, 0.29) is 33.8 Å². The van der Waals surface area contributed by atoms with Gasteiger partial charge in [0.1, 0.15) is 59.3 Å². The van der Waals surface area contributed by atoms with Gasteiger partial charge in [-0.05, 0) is 29.8 Å². The second-order valence-electron chi connectivity index (χ2n) is 9.50. The summed E-state index contributed by atoms with van der Waals surface area (Å²) in [5, 5.41) is 61.0. The summed E-state index contributed by atoms with van der Waals surface area (Å²) in [7, 11) is 0. The Bertz CT molecular complexity index is 1680. The van der Waals surface area contributed by atoms with Crippen LogP contribution < -0.4 is 10.2 Å². The number of aromatic hydroxyl groups is 3. The highest BCUT2D eigenvalue weighted by Gasteiger charge is 2.45. The molecule has 0 amide bonds. The number of fused-ring (bicyclic) bond motifs is 1. The molecule has 0 bridgehead atoms. The summed E-state index contributed by atoms with van der Waals surface area (Å²) in [5.74, 6) is -2.19. The molecule has 3 aromatic carbocycles. The maximum absolute atomic E-state index is 12.7. The molecule has 0 radical (unpaired) electrons. The number of hydrogen-bond acceptors (Lipinski definition) is 12. The van der Waals surface area contributed by atoms with Crippen LogP contribution in [0.1, 0.15) is 5.56 Å². The number of benzene rings is 3. The molecule has 0 spiro atoms. The van der Waals surface area contributed by atoms with Crippen molar-refractivity contribution < 1.29 is 54.1 Å². The van der Waals surface area contributed by atoms with Gasteiger partial charge in [-0.2, -0.15) is 0 Å². The van der Waals surface area contributed by atoms with Crippen molar-refractivity contribution in [2.45, 2.75) is 30.7 Å². The molecule has 2 heterocycles. The summed E-state index contributed by atoms with van der Waals surface area (Å²) in [6.45, 7) is -0.483. The highest BCUT2D eigenvalue weighted by molar-refractivity contribution is 5.87. The largest absolute Gasteiger partial charge is 0.507 e. The molecule has 6 N–H and O–H groups in total. The van der Waals surface area contributed by atoms with Crippen LogP contribution in [0.5, 0.6) is 23.0 Å². The molecule has 5 atom stereocenters. The summed E-state index contributed by atoms with van der Waals surface area (Å²) in [4.78, 5) is 24.9. The molecule has 12 nitrogen and oxygen atoms in total. The molecular formula is C30H26O12. The first-order chi connectivity index (χ1) is 20.1. The SMILES string of the molecule is O=C(C=Cc1ccccc1)OC[C@H]1O[C@@H](Oc2cc(O)c3c(=O)cc(-c4ccc(O)c(O)c4)oc3c2)[C@H](O)[C@@H](O)[C@@H]1O. The van der Waals surface area contributed by atoms with Crippen molar-refractivity contribution in [2.75, 3.05) is 6.61 Å². The number of aliphatic hydroxyl groups is 3. The van der Waals surface area contributed by atoms with E-state index in [4.69, 9.17) is 18.6 Å². The Morgan fingerprint density at radius 2 is 1.62 bits per heavy atom. The molecule has 1 aliphatic heterocycles. The molecule has 5 rings (SSSR count). The number of hydrogen-bond donors (Lipinski definition) is 6. The highest BCUT2D eigenvalue weighted by atomic mass is 16.7.